The summed E-state index contributed by atoms with van der Waals surface area (Å²) in [6, 6.07) is 10.9. The van der Waals surface area contributed by atoms with Gasteiger partial charge in [-0.15, -0.1) is 0 Å². The normalized spacial score (nSPS) is 11.9. The Kier molecular flexibility index (Phi) is 4.67. The minimum absolute atomic E-state index is 0.188. The summed E-state index contributed by atoms with van der Waals surface area (Å²) in [5.41, 5.74) is 2.98. The van der Waals surface area contributed by atoms with Crippen molar-refractivity contribution < 1.29 is 9.53 Å². The molecule has 1 aromatic carbocycles. The first-order valence-electron chi connectivity index (χ1n) is 7.57. The number of ether oxygens (including phenoxy) is 1. The minimum Gasteiger partial charge on any atom is -0.377 e. The third-order valence-electron chi connectivity index (χ3n) is 3.74. The second-order valence-electron chi connectivity index (χ2n) is 5.30. The van der Waals surface area contributed by atoms with Gasteiger partial charge in [0.25, 0.3) is 0 Å². The summed E-state index contributed by atoms with van der Waals surface area (Å²) in [5, 5.41) is 6.54. The van der Waals surface area contributed by atoms with Gasteiger partial charge < -0.3 is 15.4 Å². The number of pyridine rings is 2. The lowest BCUT2D eigenvalue weighted by Crippen LogP contribution is -2.21. The van der Waals surface area contributed by atoms with E-state index in [2.05, 4.69) is 20.6 Å². The number of carbonyl (C=O) groups excluding carboxylic acids is 1. The smallest absolute Gasteiger partial charge is 0.323 e. The summed E-state index contributed by atoms with van der Waals surface area (Å²) in [6.07, 6.45) is 4.69. The van der Waals surface area contributed by atoms with Crippen LogP contribution in [-0.2, 0) is 4.74 Å². The lowest BCUT2D eigenvalue weighted by Gasteiger charge is -2.18. The molecule has 0 spiro atoms. The van der Waals surface area contributed by atoms with Gasteiger partial charge in [0, 0.05) is 24.3 Å². The molecule has 3 aromatic rings. The van der Waals surface area contributed by atoms with Gasteiger partial charge in [-0.1, -0.05) is 18.2 Å². The highest BCUT2D eigenvalue weighted by molar-refractivity contribution is 6.01. The van der Waals surface area contributed by atoms with Crippen molar-refractivity contribution in [1.82, 2.24) is 9.97 Å². The lowest BCUT2D eigenvalue weighted by molar-refractivity contribution is 0.121. The van der Waals surface area contributed by atoms with Crippen LogP contribution in [0.25, 0.3) is 10.9 Å². The fourth-order valence-electron chi connectivity index (χ4n) is 2.54. The summed E-state index contributed by atoms with van der Waals surface area (Å²) < 4.78 is 5.48. The number of hydrogen-bond donors (Lipinski definition) is 2. The van der Waals surface area contributed by atoms with Crippen LogP contribution >= 0.6 is 0 Å². The molecule has 0 aliphatic heterocycles. The largest absolute Gasteiger partial charge is 0.377 e. The van der Waals surface area contributed by atoms with Gasteiger partial charge in [-0.25, -0.2) is 4.79 Å². The van der Waals surface area contributed by atoms with Gasteiger partial charge >= 0.3 is 6.03 Å². The second kappa shape index (κ2) is 7.06. The Bertz CT molecular complexity index is 852. The Morgan fingerprint density at radius 1 is 1.12 bits per heavy atom. The van der Waals surface area contributed by atoms with Crippen molar-refractivity contribution in [3.05, 3.63) is 60.6 Å². The molecule has 0 saturated heterocycles. The van der Waals surface area contributed by atoms with Crippen LogP contribution in [0.3, 0.4) is 0 Å². The van der Waals surface area contributed by atoms with Crippen LogP contribution in [0.2, 0.25) is 0 Å². The first-order valence-corrected chi connectivity index (χ1v) is 7.57. The lowest BCUT2D eigenvalue weighted by atomic mass is 10.0. The molecule has 2 aromatic heterocycles. The molecule has 1 unspecified atom stereocenters. The Labute approximate surface area is 139 Å². The van der Waals surface area contributed by atoms with Crippen molar-refractivity contribution >= 4 is 28.3 Å². The Morgan fingerprint density at radius 3 is 2.71 bits per heavy atom. The van der Waals surface area contributed by atoms with E-state index >= 15 is 0 Å². The van der Waals surface area contributed by atoms with Crippen LogP contribution in [0, 0.1) is 0 Å². The monoisotopic (exact) mass is 322 g/mol. The van der Waals surface area contributed by atoms with E-state index < -0.39 is 0 Å². The standard InChI is InChI=1S/C18H18N4O2/c1-12(24-2)17-14-7-3-4-8-15(14)20-11-16(17)22-18(23)21-13-6-5-9-19-10-13/h3-12H,1-2H3,(H2,21,22,23). The van der Waals surface area contributed by atoms with Gasteiger partial charge in [0.1, 0.15) is 0 Å². The van der Waals surface area contributed by atoms with Gasteiger partial charge in [-0.2, -0.15) is 0 Å². The van der Waals surface area contributed by atoms with Crippen molar-refractivity contribution in [2.24, 2.45) is 0 Å². The van der Waals surface area contributed by atoms with Gasteiger partial charge in [-0.05, 0) is 25.1 Å². The van der Waals surface area contributed by atoms with Gasteiger partial charge in [0.05, 0.1) is 35.4 Å². The number of hydrogen-bond acceptors (Lipinski definition) is 4. The number of carbonyl (C=O) groups is 1. The van der Waals surface area contributed by atoms with Crippen molar-refractivity contribution in [2.75, 3.05) is 17.7 Å². The van der Waals surface area contributed by atoms with Crippen LogP contribution in [0.4, 0.5) is 16.2 Å². The summed E-state index contributed by atoms with van der Waals surface area (Å²) in [4.78, 5) is 20.6. The molecule has 6 heteroatoms. The SMILES string of the molecule is COC(C)c1c(NC(=O)Nc2cccnc2)cnc2ccccc12. The van der Waals surface area contributed by atoms with E-state index in [1.807, 2.05) is 31.2 Å². The van der Waals surface area contributed by atoms with Crippen LogP contribution < -0.4 is 10.6 Å². The summed E-state index contributed by atoms with van der Waals surface area (Å²) in [5.74, 6) is 0. The number of fused-ring (bicyclic) bond motifs is 1. The first kappa shape index (κ1) is 15.9. The third-order valence-corrected chi connectivity index (χ3v) is 3.74. The number of anilines is 2. The molecule has 0 saturated carbocycles. The quantitative estimate of drug-likeness (QED) is 0.761. The van der Waals surface area contributed by atoms with Crippen LogP contribution in [0.5, 0.6) is 0 Å². The van der Waals surface area contributed by atoms with E-state index in [1.165, 1.54) is 0 Å². The number of amides is 2. The maximum Gasteiger partial charge on any atom is 0.323 e. The highest BCUT2D eigenvalue weighted by Gasteiger charge is 2.16. The average Bonchev–Trinajstić information content (AvgIpc) is 2.61. The maximum atomic E-state index is 12.3. The van der Waals surface area contributed by atoms with E-state index in [4.69, 9.17) is 4.74 Å². The van der Waals surface area contributed by atoms with Crippen molar-refractivity contribution in [3.8, 4) is 0 Å². The molecule has 24 heavy (non-hydrogen) atoms. The summed E-state index contributed by atoms with van der Waals surface area (Å²) in [7, 11) is 1.64. The fraction of sp³-hybridized carbons (Fsp3) is 0.167. The highest BCUT2D eigenvalue weighted by atomic mass is 16.5. The number of nitrogens with zero attached hydrogens (tertiary/aromatic N) is 2. The number of benzene rings is 1. The summed E-state index contributed by atoms with van der Waals surface area (Å²) in [6.45, 7) is 1.94. The van der Waals surface area contributed by atoms with Gasteiger partial charge in [0.15, 0.2) is 0 Å². The van der Waals surface area contributed by atoms with Crippen molar-refractivity contribution in [1.29, 1.82) is 0 Å². The molecule has 1 atom stereocenters. The molecular formula is C18H18N4O2. The van der Waals surface area contributed by atoms with Crippen molar-refractivity contribution in [2.45, 2.75) is 13.0 Å². The number of urea groups is 1. The predicted octanol–water partition coefficient (Wildman–Crippen LogP) is 3.98. The molecule has 0 radical (unpaired) electrons. The molecule has 122 valence electrons. The van der Waals surface area contributed by atoms with E-state index in [9.17, 15) is 4.79 Å². The number of nitrogens with one attached hydrogen (secondary N) is 2. The van der Waals surface area contributed by atoms with Crippen LogP contribution in [0.1, 0.15) is 18.6 Å². The zero-order chi connectivity index (χ0) is 16.9. The van der Waals surface area contributed by atoms with Crippen LogP contribution in [-0.4, -0.2) is 23.1 Å². The molecular weight excluding hydrogens is 304 g/mol. The number of para-hydroxylation sites is 1. The molecule has 2 heterocycles. The number of rotatable bonds is 4. The predicted molar refractivity (Wildman–Crippen MR) is 94.0 cm³/mol. The molecule has 0 aliphatic carbocycles. The van der Waals surface area contributed by atoms with E-state index in [1.54, 1.807) is 37.8 Å². The molecule has 0 bridgehead atoms. The number of methoxy groups -OCH3 is 1. The second-order valence-corrected chi connectivity index (χ2v) is 5.30. The minimum atomic E-state index is -0.357. The average molecular weight is 322 g/mol. The van der Waals surface area contributed by atoms with Crippen LogP contribution in [0.15, 0.2) is 55.0 Å². The molecule has 0 aliphatic rings. The first-order chi connectivity index (χ1) is 11.7. The van der Waals surface area contributed by atoms with Gasteiger partial charge in [0.2, 0.25) is 0 Å². The number of aromatic nitrogens is 2. The Morgan fingerprint density at radius 2 is 1.96 bits per heavy atom. The Hall–Kier alpha value is -2.99. The third kappa shape index (κ3) is 3.33. The highest BCUT2D eigenvalue weighted by Crippen LogP contribution is 2.31. The molecule has 2 N–H and O–H groups in total. The zero-order valence-corrected chi connectivity index (χ0v) is 13.5. The maximum absolute atomic E-state index is 12.3. The molecule has 0 fully saturated rings. The summed E-state index contributed by atoms with van der Waals surface area (Å²) >= 11 is 0. The molecule has 2 amide bonds. The topological polar surface area (TPSA) is 76.1 Å². The fourth-order valence-corrected chi connectivity index (χ4v) is 2.54. The van der Waals surface area contributed by atoms with Gasteiger partial charge in [-0.3, -0.25) is 9.97 Å². The zero-order valence-electron chi connectivity index (χ0n) is 13.5. The molecule has 3 rings (SSSR count). The Balaban J connectivity index is 1.92. The van der Waals surface area contributed by atoms with Crippen molar-refractivity contribution in [3.63, 3.8) is 0 Å². The van der Waals surface area contributed by atoms with E-state index in [0.29, 0.717) is 11.4 Å². The van der Waals surface area contributed by atoms with E-state index in [0.717, 1.165) is 16.5 Å². The van der Waals surface area contributed by atoms with E-state index in [-0.39, 0.29) is 12.1 Å². The molecule has 6 nitrogen and oxygen atoms in total.